The van der Waals surface area contributed by atoms with Gasteiger partial charge in [-0.05, 0) is 42.0 Å². The summed E-state index contributed by atoms with van der Waals surface area (Å²) in [7, 11) is 1.68. The van der Waals surface area contributed by atoms with E-state index in [0.717, 1.165) is 16.9 Å². The first-order valence-corrected chi connectivity index (χ1v) is 12.7. The first-order valence-electron chi connectivity index (χ1n) is 10.9. The minimum Gasteiger partial charge on any atom is -0.457 e. The van der Waals surface area contributed by atoms with E-state index in [0.29, 0.717) is 26.8 Å². The molecule has 8 heteroatoms. The van der Waals surface area contributed by atoms with Crippen LogP contribution >= 0.6 is 23.1 Å². The maximum Gasteiger partial charge on any atom is 0.271 e. The summed E-state index contributed by atoms with van der Waals surface area (Å²) in [5.74, 6) is 1.37. The van der Waals surface area contributed by atoms with Crippen LogP contribution in [0.25, 0.3) is 21.3 Å². The van der Waals surface area contributed by atoms with Crippen LogP contribution in [-0.2, 0) is 11.8 Å². The Morgan fingerprint density at radius 1 is 0.971 bits per heavy atom. The number of carbonyl (C=O) groups excluding carboxylic acids is 1. The number of ether oxygens (including phenoxy) is 1. The third kappa shape index (κ3) is 5.13. The van der Waals surface area contributed by atoms with Crippen molar-refractivity contribution in [3.05, 3.63) is 101 Å². The number of fused-ring (bicyclic) bond motifs is 1. The molecule has 0 bridgehead atoms. The zero-order chi connectivity index (χ0) is 24.2. The molecular weight excluding hydrogens is 478 g/mol. The molecule has 0 radical (unpaired) electrons. The molecule has 0 fully saturated rings. The van der Waals surface area contributed by atoms with Gasteiger partial charge in [-0.1, -0.05) is 60.3 Å². The normalized spacial score (nSPS) is 10.9. The summed E-state index contributed by atoms with van der Waals surface area (Å²) in [5, 5.41) is 5.34. The maximum absolute atomic E-state index is 12.9. The Balaban J connectivity index is 1.27. The van der Waals surface area contributed by atoms with Crippen molar-refractivity contribution in [1.29, 1.82) is 0 Å². The number of aromatic nitrogens is 2. The molecule has 35 heavy (non-hydrogen) atoms. The van der Waals surface area contributed by atoms with Crippen LogP contribution in [0.2, 0.25) is 0 Å². The van der Waals surface area contributed by atoms with E-state index in [1.165, 1.54) is 27.7 Å². The van der Waals surface area contributed by atoms with Crippen LogP contribution in [0.15, 0.2) is 100 Å². The van der Waals surface area contributed by atoms with Gasteiger partial charge < -0.3 is 10.1 Å². The van der Waals surface area contributed by atoms with Crippen LogP contribution in [0.3, 0.4) is 0 Å². The largest absolute Gasteiger partial charge is 0.457 e. The molecule has 0 saturated heterocycles. The van der Waals surface area contributed by atoms with Crippen molar-refractivity contribution in [2.45, 2.75) is 5.16 Å². The predicted octanol–water partition coefficient (Wildman–Crippen LogP) is 6.19. The van der Waals surface area contributed by atoms with Crippen LogP contribution < -0.4 is 15.6 Å². The molecule has 0 aliphatic rings. The molecule has 2 aromatic heterocycles. The van der Waals surface area contributed by atoms with E-state index in [2.05, 4.69) is 5.32 Å². The third-order valence-electron chi connectivity index (χ3n) is 5.29. The number of benzene rings is 3. The molecule has 5 aromatic rings. The number of carbonyl (C=O) groups is 1. The standard InChI is InChI=1S/C27H21N3O3S2/c1-30-26(32)25-24(22(16-34-25)18-8-4-2-5-9-18)29-27(30)35-17-23(31)28-19-12-14-21(15-13-19)33-20-10-6-3-7-11-20/h2-16H,17H2,1H3,(H,28,31). The molecular formula is C27H21N3O3S2. The Bertz CT molecular complexity index is 1530. The van der Waals surface area contributed by atoms with Gasteiger partial charge in [0.2, 0.25) is 5.91 Å². The predicted molar refractivity (Wildman–Crippen MR) is 143 cm³/mol. The van der Waals surface area contributed by atoms with Crippen molar-refractivity contribution in [2.24, 2.45) is 7.05 Å². The van der Waals surface area contributed by atoms with E-state index in [4.69, 9.17) is 9.72 Å². The molecule has 1 amide bonds. The first-order chi connectivity index (χ1) is 17.1. The number of nitrogens with zero attached hydrogens (tertiary/aromatic N) is 2. The van der Waals surface area contributed by atoms with Crippen molar-refractivity contribution < 1.29 is 9.53 Å². The number of anilines is 1. The Hall–Kier alpha value is -3.88. The van der Waals surface area contributed by atoms with Gasteiger partial charge in [0.25, 0.3) is 5.56 Å². The Morgan fingerprint density at radius 3 is 2.34 bits per heavy atom. The quantitative estimate of drug-likeness (QED) is 0.214. The lowest BCUT2D eigenvalue weighted by Crippen LogP contribution is -2.20. The summed E-state index contributed by atoms with van der Waals surface area (Å²) < 4.78 is 7.89. The topological polar surface area (TPSA) is 73.2 Å². The first kappa shape index (κ1) is 22.9. The summed E-state index contributed by atoms with van der Waals surface area (Å²) in [6, 6.07) is 26.6. The fraction of sp³-hybridized carbons (Fsp3) is 0.0741. The summed E-state index contributed by atoms with van der Waals surface area (Å²) in [5.41, 5.74) is 3.15. The monoisotopic (exact) mass is 499 g/mol. The lowest BCUT2D eigenvalue weighted by atomic mass is 10.1. The zero-order valence-corrected chi connectivity index (χ0v) is 20.4. The molecule has 6 nitrogen and oxygen atoms in total. The number of hydrogen-bond donors (Lipinski definition) is 1. The maximum atomic E-state index is 12.9. The van der Waals surface area contributed by atoms with Gasteiger partial charge in [-0.15, -0.1) is 11.3 Å². The molecule has 0 atom stereocenters. The highest BCUT2D eigenvalue weighted by atomic mass is 32.2. The smallest absolute Gasteiger partial charge is 0.271 e. The van der Waals surface area contributed by atoms with Gasteiger partial charge in [-0.2, -0.15) is 0 Å². The van der Waals surface area contributed by atoms with Crippen LogP contribution in [0.5, 0.6) is 11.5 Å². The number of rotatable bonds is 7. The summed E-state index contributed by atoms with van der Waals surface area (Å²) in [6.07, 6.45) is 0. The average Bonchev–Trinajstić information content (AvgIpc) is 3.32. The van der Waals surface area contributed by atoms with Crippen molar-refractivity contribution in [1.82, 2.24) is 9.55 Å². The fourth-order valence-corrected chi connectivity index (χ4v) is 5.29. The summed E-state index contributed by atoms with van der Waals surface area (Å²) >= 11 is 2.63. The number of para-hydroxylation sites is 1. The molecule has 2 heterocycles. The molecule has 1 N–H and O–H groups in total. The number of nitrogens with one attached hydrogen (secondary N) is 1. The van der Waals surface area contributed by atoms with Crippen LogP contribution in [0.1, 0.15) is 0 Å². The fourth-order valence-electron chi connectivity index (χ4n) is 3.53. The molecule has 5 rings (SSSR count). The van der Waals surface area contributed by atoms with Gasteiger partial charge in [0.05, 0.1) is 11.3 Å². The van der Waals surface area contributed by atoms with Crippen LogP contribution in [0, 0.1) is 0 Å². The highest BCUT2D eigenvalue weighted by Crippen LogP contribution is 2.32. The number of thioether (sulfide) groups is 1. The van der Waals surface area contributed by atoms with Gasteiger partial charge in [0.1, 0.15) is 16.2 Å². The van der Waals surface area contributed by atoms with E-state index < -0.39 is 0 Å². The molecule has 0 unspecified atom stereocenters. The molecule has 3 aromatic carbocycles. The third-order valence-corrected chi connectivity index (χ3v) is 7.28. The SMILES string of the molecule is Cn1c(SCC(=O)Nc2ccc(Oc3ccccc3)cc2)nc2c(-c3ccccc3)csc2c1=O. The number of thiophene rings is 1. The molecule has 0 saturated carbocycles. The highest BCUT2D eigenvalue weighted by molar-refractivity contribution is 7.99. The van der Waals surface area contributed by atoms with E-state index in [-0.39, 0.29) is 17.2 Å². The summed E-state index contributed by atoms with van der Waals surface area (Å²) in [4.78, 5) is 30.2. The number of amides is 1. The number of hydrogen-bond acceptors (Lipinski definition) is 6. The van der Waals surface area contributed by atoms with Gasteiger partial charge in [0.15, 0.2) is 5.16 Å². The van der Waals surface area contributed by atoms with Gasteiger partial charge >= 0.3 is 0 Å². The van der Waals surface area contributed by atoms with Gasteiger partial charge in [0, 0.05) is 23.7 Å². The Morgan fingerprint density at radius 2 is 1.63 bits per heavy atom. The van der Waals surface area contributed by atoms with E-state index in [1.807, 2.05) is 66.0 Å². The minimum absolute atomic E-state index is 0.112. The van der Waals surface area contributed by atoms with Gasteiger partial charge in [-0.25, -0.2) is 4.98 Å². The lowest BCUT2D eigenvalue weighted by molar-refractivity contribution is -0.113. The second-order valence-corrected chi connectivity index (χ2v) is 9.55. The molecule has 0 aliphatic heterocycles. The van der Waals surface area contributed by atoms with Crippen molar-refractivity contribution in [2.75, 3.05) is 11.1 Å². The summed E-state index contributed by atoms with van der Waals surface area (Å²) in [6.45, 7) is 0. The van der Waals surface area contributed by atoms with Crippen molar-refractivity contribution >= 4 is 44.9 Å². The molecule has 0 aliphatic carbocycles. The Labute approximate surface area is 210 Å². The van der Waals surface area contributed by atoms with Crippen molar-refractivity contribution in [3.63, 3.8) is 0 Å². The van der Waals surface area contributed by atoms with Crippen LogP contribution in [-0.4, -0.2) is 21.2 Å². The average molecular weight is 500 g/mol. The Kier molecular flexibility index (Phi) is 6.65. The second kappa shape index (κ2) is 10.2. The van der Waals surface area contributed by atoms with E-state index in [9.17, 15) is 9.59 Å². The van der Waals surface area contributed by atoms with E-state index >= 15 is 0 Å². The second-order valence-electron chi connectivity index (χ2n) is 7.73. The lowest BCUT2D eigenvalue weighted by Gasteiger charge is -2.09. The van der Waals surface area contributed by atoms with Gasteiger partial charge in [-0.3, -0.25) is 14.2 Å². The minimum atomic E-state index is -0.185. The van der Waals surface area contributed by atoms with Crippen molar-refractivity contribution in [3.8, 4) is 22.6 Å². The zero-order valence-electron chi connectivity index (χ0n) is 18.8. The van der Waals surface area contributed by atoms with Crippen LogP contribution in [0.4, 0.5) is 5.69 Å². The van der Waals surface area contributed by atoms with E-state index in [1.54, 1.807) is 31.3 Å². The highest BCUT2D eigenvalue weighted by Gasteiger charge is 2.16. The molecule has 0 spiro atoms. The molecule has 174 valence electrons.